The monoisotopic (exact) mass is 523 g/mol. The van der Waals surface area contributed by atoms with E-state index < -0.39 is 0 Å². The molecule has 8 heteroatoms. The molecule has 0 radical (unpaired) electrons. The number of fused-ring (bicyclic) bond motifs is 1. The van der Waals surface area contributed by atoms with Gasteiger partial charge in [-0.05, 0) is 79.6 Å². The van der Waals surface area contributed by atoms with Crippen LogP contribution in [-0.4, -0.2) is 31.8 Å². The van der Waals surface area contributed by atoms with Crippen molar-refractivity contribution in [2.45, 2.75) is 13.3 Å². The summed E-state index contributed by atoms with van der Waals surface area (Å²) >= 11 is 0. The lowest BCUT2D eigenvalue weighted by atomic mass is 10.2. The molecule has 0 saturated heterocycles. The number of rotatable bonds is 9. The van der Waals surface area contributed by atoms with Crippen molar-refractivity contribution in [3.05, 3.63) is 108 Å². The minimum absolute atomic E-state index is 0.153. The van der Waals surface area contributed by atoms with Crippen molar-refractivity contribution >= 4 is 23.3 Å². The highest BCUT2D eigenvalue weighted by Crippen LogP contribution is 2.32. The van der Waals surface area contributed by atoms with E-state index in [9.17, 15) is 9.59 Å². The van der Waals surface area contributed by atoms with E-state index in [1.165, 1.54) is 0 Å². The number of nitrogens with one attached hydrogen (secondary N) is 2. The Morgan fingerprint density at radius 2 is 1.56 bits per heavy atom. The fraction of sp³-hybridized carbons (Fsp3) is 0.161. The number of ether oxygens (including phenoxy) is 3. The van der Waals surface area contributed by atoms with E-state index in [0.29, 0.717) is 48.0 Å². The summed E-state index contributed by atoms with van der Waals surface area (Å²) in [4.78, 5) is 27.7. The molecule has 0 unspecified atom stereocenters. The lowest BCUT2D eigenvalue weighted by molar-refractivity contribution is 0.0953. The van der Waals surface area contributed by atoms with E-state index in [-0.39, 0.29) is 18.7 Å². The third-order valence-electron chi connectivity index (χ3n) is 6.24. The van der Waals surface area contributed by atoms with Gasteiger partial charge in [0, 0.05) is 30.0 Å². The van der Waals surface area contributed by atoms with Crippen LogP contribution in [0.5, 0.6) is 23.0 Å². The van der Waals surface area contributed by atoms with Gasteiger partial charge in [-0.15, -0.1) is 0 Å². The van der Waals surface area contributed by atoms with Gasteiger partial charge in [0.25, 0.3) is 5.91 Å². The van der Waals surface area contributed by atoms with Gasteiger partial charge in [-0.3, -0.25) is 9.69 Å². The first-order valence-corrected chi connectivity index (χ1v) is 12.7. The predicted octanol–water partition coefficient (Wildman–Crippen LogP) is 6.37. The first-order valence-electron chi connectivity index (χ1n) is 12.7. The summed E-state index contributed by atoms with van der Waals surface area (Å²) in [5.41, 5.74) is 2.91. The van der Waals surface area contributed by atoms with Crippen molar-refractivity contribution in [1.29, 1.82) is 0 Å². The highest BCUT2D eigenvalue weighted by molar-refractivity contribution is 6.02. The highest BCUT2D eigenvalue weighted by Gasteiger charge is 2.18. The summed E-state index contributed by atoms with van der Waals surface area (Å²) in [6.07, 6.45) is 0.541. The van der Waals surface area contributed by atoms with Gasteiger partial charge < -0.3 is 24.8 Å². The molecule has 0 aromatic heterocycles. The van der Waals surface area contributed by atoms with Crippen LogP contribution in [0.4, 0.5) is 16.2 Å². The van der Waals surface area contributed by atoms with Gasteiger partial charge in [0.2, 0.25) is 6.79 Å². The Balaban J connectivity index is 1.24. The van der Waals surface area contributed by atoms with E-state index in [1.54, 1.807) is 23.1 Å². The van der Waals surface area contributed by atoms with E-state index in [4.69, 9.17) is 14.2 Å². The maximum atomic E-state index is 13.4. The first-order chi connectivity index (χ1) is 19.1. The van der Waals surface area contributed by atoms with E-state index >= 15 is 0 Å². The molecular weight excluding hydrogens is 494 g/mol. The summed E-state index contributed by atoms with van der Waals surface area (Å²) < 4.78 is 16.6. The van der Waals surface area contributed by atoms with Crippen LogP contribution in [0, 0.1) is 6.92 Å². The molecule has 0 atom stereocenters. The fourth-order valence-electron chi connectivity index (χ4n) is 4.14. The highest BCUT2D eigenvalue weighted by atomic mass is 16.7. The molecule has 2 N–H and O–H groups in total. The zero-order valence-corrected chi connectivity index (χ0v) is 21.6. The summed E-state index contributed by atoms with van der Waals surface area (Å²) in [7, 11) is 0. The molecule has 4 aromatic rings. The molecule has 1 heterocycles. The average Bonchev–Trinajstić information content (AvgIpc) is 3.43. The van der Waals surface area contributed by atoms with Crippen LogP contribution in [0.25, 0.3) is 0 Å². The van der Waals surface area contributed by atoms with Crippen LogP contribution >= 0.6 is 0 Å². The molecule has 0 fully saturated rings. The standard InChI is InChI=1S/C31H29N3O5/c1-22-8-5-6-11-27(22)33-31(36)34(24-13-15-26(16-14-24)39-25-9-3-2-4-10-25)19-7-18-32-30(35)23-12-17-28-29(20-23)38-21-37-28/h2-6,8-17,20H,7,18-19,21H2,1H3,(H,32,35)(H,33,36). The van der Waals surface area contributed by atoms with E-state index in [1.807, 2.05) is 85.8 Å². The summed E-state index contributed by atoms with van der Waals surface area (Å²) in [6, 6.07) is 29.3. The fourth-order valence-corrected chi connectivity index (χ4v) is 4.14. The van der Waals surface area contributed by atoms with Crippen molar-refractivity contribution in [2.24, 2.45) is 0 Å². The van der Waals surface area contributed by atoms with Crippen LogP contribution < -0.4 is 29.7 Å². The number of amides is 3. The second-order valence-corrected chi connectivity index (χ2v) is 8.98. The number of benzene rings is 4. The van der Waals surface area contributed by atoms with Crippen molar-refractivity contribution in [1.82, 2.24) is 5.32 Å². The van der Waals surface area contributed by atoms with Gasteiger partial charge >= 0.3 is 6.03 Å². The molecule has 198 valence electrons. The quantitative estimate of drug-likeness (QED) is 0.249. The maximum absolute atomic E-state index is 13.4. The molecule has 3 amide bonds. The molecule has 1 aliphatic heterocycles. The Hall–Kier alpha value is -4.98. The molecule has 39 heavy (non-hydrogen) atoms. The zero-order chi connectivity index (χ0) is 27.0. The number of aryl methyl sites for hydroxylation is 1. The largest absolute Gasteiger partial charge is 0.457 e. The first kappa shape index (κ1) is 25.7. The summed E-state index contributed by atoms with van der Waals surface area (Å²) in [6.45, 7) is 2.87. The lowest BCUT2D eigenvalue weighted by Crippen LogP contribution is -2.37. The van der Waals surface area contributed by atoms with Crippen LogP contribution in [0.15, 0.2) is 97.1 Å². The number of carbonyl (C=O) groups is 2. The minimum atomic E-state index is -0.261. The SMILES string of the molecule is Cc1ccccc1NC(=O)N(CCCNC(=O)c1ccc2c(c1)OCO2)c1ccc(Oc2ccccc2)cc1. The molecule has 5 rings (SSSR count). The van der Waals surface area contributed by atoms with Gasteiger partial charge in [-0.1, -0.05) is 36.4 Å². The average molecular weight is 524 g/mol. The number of nitrogens with zero attached hydrogens (tertiary/aromatic N) is 1. The third kappa shape index (κ3) is 6.48. The number of hydrogen-bond acceptors (Lipinski definition) is 5. The van der Waals surface area contributed by atoms with E-state index in [0.717, 1.165) is 17.0 Å². The smallest absolute Gasteiger partial charge is 0.326 e. The number of para-hydroxylation sites is 2. The molecule has 0 bridgehead atoms. The van der Waals surface area contributed by atoms with Crippen molar-refractivity contribution in [3.63, 3.8) is 0 Å². The lowest BCUT2D eigenvalue weighted by Gasteiger charge is -2.24. The molecule has 1 aliphatic rings. The van der Waals surface area contributed by atoms with Gasteiger partial charge in [0.05, 0.1) is 0 Å². The van der Waals surface area contributed by atoms with Crippen molar-refractivity contribution in [2.75, 3.05) is 30.1 Å². The van der Waals surface area contributed by atoms with Gasteiger partial charge in [-0.2, -0.15) is 0 Å². The normalized spacial score (nSPS) is 11.5. The maximum Gasteiger partial charge on any atom is 0.326 e. The zero-order valence-electron chi connectivity index (χ0n) is 21.6. The Bertz CT molecular complexity index is 1440. The van der Waals surface area contributed by atoms with Crippen molar-refractivity contribution < 1.29 is 23.8 Å². The molecule has 8 nitrogen and oxygen atoms in total. The van der Waals surface area contributed by atoms with Gasteiger partial charge in [-0.25, -0.2) is 4.79 Å². The van der Waals surface area contributed by atoms with Crippen LogP contribution in [-0.2, 0) is 0 Å². The molecule has 0 saturated carbocycles. The van der Waals surface area contributed by atoms with Gasteiger partial charge in [0.1, 0.15) is 11.5 Å². The Morgan fingerprint density at radius 1 is 0.846 bits per heavy atom. The topological polar surface area (TPSA) is 89.1 Å². The van der Waals surface area contributed by atoms with Crippen LogP contribution in [0.3, 0.4) is 0 Å². The molecular formula is C31H29N3O5. The molecule has 0 aliphatic carbocycles. The second kappa shape index (κ2) is 12.0. The van der Waals surface area contributed by atoms with Crippen LogP contribution in [0.2, 0.25) is 0 Å². The Kier molecular flexibility index (Phi) is 7.92. The number of urea groups is 1. The minimum Gasteiger partial charge on any atom is -0.457 e. The second-order valence-electron chi connectivity index (χ2n) is 8.98. The number of carbonyl (C=O) groups excluding carboxylic acids is 2. The van der Waals surface area contributed by atoms with Crippen LogP contribution in [0.1, 0.15) is 22.3 Å². The Labute approximate surface area is 227 Å². The summed E-state index contributed by atoms with van der Waals surface area (Å²) in [5.74, 6) is 2.37. The predicted molar refractivity (Wildman–Crippen MR) is 150 cm³/mol. The molecule has 0 spiro atoms. The van der Waals surface area contributed by atoms with Crippen molar-refractivity contribution in [3.8, 4) is 23.0 Å². The van der Waals surface area contributed by atoms with Gasteiger partial charge in [0.15, 0.2) is 11.5 Å². The third-order valence-corrected chi connectivity index (χ3v) is 6.24. The number of anilines is 2. The number of hydrogen-bond donors (Lipinski definition) is 2. The molecule has 4 aromatic carbocycles. The Morgan fingerprint density at radius 3 is 2.36 bits per heavy atom. The van der Waals surface area contributed by atoms with E-state index in [2.05, 4.69) is 10.6 Å². The summed E-state index contributed by atoms with van der Waals surface area (Å²) in [5, 5.41) is 5.92.